The number of nitrogens with zero attached hydrogens (tertiary/aromatic N) is 1. The van der Waals surface area contributed by atoms with Gasteiger partial charge in [0, 0.05) is 6.42 Å². The Kier molecular flexibility index (Phi) is 3.70. The first-order chi connectivity index (χ1) is 10.7. The molecular formula is C17H14N2O3. The summed E-state index contributed by atoms with van der Waals surface area (Å²) in [5.41, 5.74) is 2.59. The Labute approximate surface area is 126 Å². The molecule has 0 amide bonds. The van der Waals surface area contributed by atoms with Crippen LogP contribution in [0.2, 0.25) is 0 Å². The molecule has 0 spiro atoms. The second kappa shape index (κ2) is 5.81. The molecule has 0 aliphatic rings. The number of aromatic hydroxyl groups is 1. The van der Waals surface area contributed by atoms with E-state index < -0.39 is 0 Å². The molecule has 0 atom stereocenters. The van der Waals surface area contributed by atoms with E-state index in [2.05, 4.69) is 9.97 Å². The predicted molar refractivity (Wildman–Crippen MR) is 83.8 cm³/mol. The van der Waals surface area contributed by atoms with Gasteiger partial charge < -0.3 is 14.9 Å². The third kappa shape index (κ3) is 2.48. The lowest BCUT2D eigenvalue weighted by Crippen LogP contribution is -2.06. The molecule has 22 heavy (non-hydrogen) atoms. The van der Waals surface area contributed by atoms with Gasteiger partial charge in [0.25, 0.3) is 5.56 Å². The fourth-order valence-corrected chi connectivity index (χ4v) is 2.55. The maximum absolute atomic E-state index is 11.9. The molecule has 3 aromatic rings. The molecule has 2 N–H and O–H groups in total. The average Bonchev–Trinajstić information content (AvgIpc) is 2.54. The van der Waals surface area contributed by atoms with Gasteiger partial charge in [0.1, 0.15) is 17.6 Å². The van der Waals surface area contributed by atoms with E-state index in [1.54, 1.807) is 12.1 Å². The maximum Gasteiger partial charge on any atom is 0.258 e. The Hall–Kier alpha value is -2.95. The van der Waals surface area contributed by atoms with Gasteiger partial charge in [0.15, 0.2) is 0 Å². The Morgan fingerprint density at radius 1 is 1.23 bits per heavy atom. The van der Waals surface area contributed by atoms with Crippen LogP contribution in [0.3, 0.4) is 0 Å². The number of benzene rings is 2. The van der Waals surface area contributed by atoms with E-state index in [0.717, 1.165) is 23.0 Å². The molecule has 0 radical (unpaired) electrons. The minimum atomic E-state index is -0.299. The van der Waals surface area contributed by atoms with E-state index in [4.69, 9.17) is 0 Å². The number of hydrogen-bond donors (Lipinski definition) is 2. The van der Waals surface area contributed by atoms with Crippen molar-refractivity contribution in [2.45, 2.75) is 12.8 Å². The van der Waals surface area contributed by atoms with Crippen LogP contribution in [0.25, 0.3) is 22.0 Å². The van der Waals surface area contributed by atoms with E-state index in [0.29, 0.717) is 18.2 Å². The zero-order valence-electron chi connectivity index (χ0n) is 11.7. The first-order valence-corrected chi connectivity index (χ1v) is 6.93. The molecular weight excluding hydrogens is 280 g/mol. The number of hydrogen-bond acceptors (Lipinski definition) is 4. The van der Waals surface area contributed by atoms with Crippen molar-refractivity contribution >= 4 is 17.2 Å². The van der Waals surface area contributed by atoms with Crippen molar-refractivity contribution in [3.8, 4) is 16.9 Å². The van der Waals surface area contributed by atoms with Crippen molar-refractivity contribution in [3.63, 3.8) is 0 Å². The fourth-order valence-electron chi connectivity index (χ4n) is 2.55. The molecule has 0 fully saturated rings. The number of phenols is 1. The molecule has 2 aromatic carbocycles. The summed E-state index contributed by atoms with van der Waals surface area (Å²) in [5.74, 6) is -0.0382. The second-order valence-electron chi connectivity index (χ2n) is 4.99. The lowest BCUT2D eigenvalue weighted by atomic mass is 9.95. The molecule has 0 saturated heterocycles. The molecule has 0 saturated carbocycles. The molecule has 1 aromatic heterocycles. The van der Waals surface area contributed by atoms with E-state index in [1.165, 1.54) is 6.33 Å². The minimum absolute atomic E-state index is 0.0382. The standard InChI is InChI=1S/C17H14N2O3/c20-7-3-5-11-4-1-2-6-13(11)12-8-14-16(15(21)9-12)18-10-19-17(14)22/h1-2,4,6-10,21H,3,5H2,(H,18,19,22). The molecule has 0 aliphatic heterocycles. The Bertz CT molecular complexity index is 900. The SMILES string of the molecule is O=CCCc1ccccc1-c1cc(O)c2nc[nH]c(=O)c2c1. The highest BCUT2D eigenvalue weighted by molar-refractivity contribution is 5.89. The number of carbonyl (C=O) groups is 1. The van der Waals surface area contributed by atoms with Crippen LogP contribution < -0.4 is 5.56 Å². The first kappa shape index (κ1) is 14.0. The largest absolute Gasteiger partial charge is 0.506 e. The monoisotopic (exact) mass is 294 g/mol. The number of fused-ring (bicyclic) bond motifs is 1. The third-order valence-electron chi connectivity index (χ3n) is 3.58. The Morgan fingerprint density at radius 2 is 2.05 bits per heavy atom. The van der Waals surface area contributed by atoms with Crippen molar-refractivity contribution < 1.29 is 9.90 Å². The average molecular weight is 294 g/mol. The van der Waals surface area contributed by atoms with Crippen LogP contribution in [0, 0.1) is 0 Å². The number of phenolic OH excluding ortho intramolecular Hbond substituents is 1. The van der Waals surface area contributed by atoms with Crippen LogP contribution in [0.15, 0.2) is 47.5 Å². The molecule has 1 heterocycles. The molecule has 0 bridgehead atoms. The summed E-state index contributed by atoms with van der Waals surface area (Å²) in [4.78, 5) is 29.0. The highest BCUT2D eigenvalue weighted by atomic mass is 16.3. The van der Waals surface area contributed by atoms with Crippen molar-refractivity contribution in [1.29, 1.82) is 0 Å². The van der Waals surface area contributed by atoms with Gasteiger partial charge in [0.05, 0.1) is 11.7 Å². The van der Waals surface area contributed by atoms with Crippen molar-refractivity contribution in [3.05, 3.63) is 58.6 Å². The van der Waals surface area contributed by atoms with Crippen LogP contribution in [0.4, 0.5) is 0 Å². The predicted octanol–water partition coefficient (Wildman–Crippen LogP) is 2.43. The smallest absolute Gasteiger partial charge is 0.258 e. The van der Waals surface area contributed by atoms with E-state index in [1.807, 2.05) is 24.3 Å². The molecule has 0 unspecified atom stereocenters. The molecule has 110 valence electrons. The first-order valence-electron chi connectivity index (χ1n) is 6.93. The van der Waals surface area contributed by atoms with Gasteiger partial charge in [-0.15, -0.1) is 0 Å². The Morgan fingerprint density at radius 3 is 2.86 bits per heavy atom. The minimum Gasteiger partial charge on any atom is -0.506 e. The summed E-state index contributed by atoms with van der Waals surface area (Å²) >= 11 is 0. The summed E-state index contributed by atoms with van der Waals surface area (Å²) in [6, 6.07) is 10.9. The summed E-state index contributed by atoms with van der Waals surface area (Å²) in [6.07, 6.45) is 3.19. The zero-order chi connectivity index (χ0) is 15.5. The third-order valence-corrected chi connectivity index (χ3v) is 3.58. The normalized spacial score (nSPS) is 10.7. The molecule has 5 nitrogen and oxygen atoms in total. The quantitative estimate of drug-likeness (QED) is 0.724. The topological polar surface area (TPSA) is 83.0 Å². The number of aromatic nitrogens is 2. The van der Waals surface area contributed by atoms with Crippen molar-refractivity contribution in [2.75, 3.05) is 0 Å². The van der Waals surface area contributed by atoms with E-state index >= 15 is 0 Å². The number of rotatable bonds is 4. The zero-order valence-corrected chi connectivity index (χ0v) is 11.7. The van der Waals surface area contributed by atoms with Crippen LogP contribution in [-0.4, -0.2) is 21.4 Å². The highest BCUT2D eigenvalue weighted by Crippen LogP contribution is 2.31. The van der Waals surface area contributed by atoms with Crippen LogP contribution in [-0.2, 0) is 11.2 Å². The number of aryl methyl sites for hydroxylation is 1. The highest BCUT2D eigenvalue weighted by Gasteiger charge is 2.11. The number of nitrogens with one attached hydrogen (secondary N) is 1. The second-order valence-corrected chi connectivity index (χ2v) is 4.99. The van der Waals surface area contributed by atoms with Gasteiger partial charge in [-0.3, -0.25) is 4.79 Å². The van der Waals surface area contributed by atoms with Crippen LogP contribution >= 0.6 is 0 Å². The summed E-state index contributed by atoms with van der Waals surface area (Å²) < 4.78 is 0. The molecule has 5 heteroatoms. The van der Waals surface area contributed by atoms with E-state index in [-0.39, 0.29) is 16.8 Å². The maximum atomic E-state index is 11.9. The van der Waals surface area contributed by atoms with E-state index in [9.17, 15) is 14.7 Å². The van der Waals surface area contributed by atoms with Gasteiger partial charge in [0.2, 0.25) is 0 Å². The van der Waals surface area contributed by atoms with Gasteiger partial charge >= 0.3 is 0 Å². The number of aldehydes is 1. The van der Waals surface area contributed by atoms with Crippen molar-refractivity contribution in [2.24, 2.45) is 0 Å². The van der Waals surface area contributed by atoms with Gasteiger partial charge in [-0.1, -0.05) is 24.3 Å². The summed E-state index contributed by atoms with van der Waals surface area (Å²) in [5, 5.41) is 10.5. The summed E-state index contributed by atoms with van der Waals surface area (Å²) in [6.45, 7) is 0. The van der Waals surface area contributed by atoms with Crippen molar-refractivity contribution in [1.82, 2.24) is 9.97 Å². The number of aromatic amines is 1. The van der Waals surface area contributed by atoms with Gasteiger partial charge in [-0.2, -0.15) is 0 Å². The van der Waals surface area contributed by atoms with Crippen LogP contribution in [0.5, 0.6) is 5.75 Å². The molecule has 3 rings (SSSR count). The molecule has 0 aliphatic carbocycles. The number of H-pyrrole nitrogens is 1. The van der Waals surface area contributed by atoms with Crippen LogP contribution in [0.1, 0.15) is 12.0 Å². The summed E-state index contributed by atoms with van der Waals surface area (Å²) in [7, 11) is 0. The van der Waals surface area contributed by atoms with Gasteiger partial charge in [-0.05, 0) is 35.2 Å². The number of carbonyl (C=O) groups excluding carboxylic acids is 1. The lowest BCUT2D eigenvalue weighted by Gasteiger charge is -2.10. The lowest BCUT2D eigenvalue weighted by molar-refractivity contribution is -0.107. The van der Waals surface area contributed by atoms with Gasteiger partial charge in [-0.25, -0.2) is 4.98 Å². The Balaban J connectivity index is 2.21. The fraction of sp³-hybridized carbons (Fsp3) is 0.118.